The first-order valence-electron chi connectivity index (χ1n) is 4.51. The van der Waals surface area contributed by atoms with Gasteiger partial charge in [0.25, 0.3) is 5.60 Å². The van der Waals surface area contributed by atoms with Crippen LogP contribution in [0.25, 0.3) is 0 Å². The van der Waals surface area contributed by atoms with Crippen molar-refractivity contribution in [2.24, 2.45) is 0 Å². The Kier molecular flexibility index (Phi) is 3.45. The molecule has 0 aliphatic carbocycles. The maximum Gasteiger partial charge on any atom is 0.426 e. The molecule has 1 rings (SSSR count). The topological polar surface area (TPSA) is 18.5 Å². The summed E-state index contributed by atoms with van der Waals surface area (Å²) in [5.41, 5.74) is -4.19. The Hall–Kier alpha value is -0.500. The number of alkyl halides is 6. The SMILES string of the molecule is CC(OC1CCCO1)(C(F)(F)F)C(F)(F)F. The van der Waals surface area contributed by atoms with Crippen LogP contribution in [0.5, 0.6) is 0 Å². The largest absolute Gasteiger partial charge is 0.426 e. The minimum atomic E-state index is -5.53. The van der Waals surface area contributed by atoms with Crippen molar-refractivity contribution < 1.29 is 35.8 Å². The molecule has 1 heterocycles. The maximum atomic E-state index is 12.4. The second-order valence-electron chi connectivity index (χ2n) is 3.59. The van der Waals surface area contributed by atoms with Gasteiger partial charge in [0.15, 0.2) is 6.29 Å². The summed E-state index contributed by atoms with van der Waals surface area (Å²) in [6.45, 7) is 0.0745. The Labute approximate surface area is 87.5 Å². The van der Waals surface area contributed by atoms with E-state index in [2.05, 4.69) is 9.47 Å². The molecule has 0 aromatic rings. The fourth-order valence-corrected chi connectivity index (χ4v) is 1.20. The number of rotatable bonds is 2. The first kappa shape index (κ1) is 13.6. The van der Waals surface area contributed by atoms with Crippen molar-refractivity contribution in [3.63, 3.8) is 0 Å². The molecule has 16 heavy (non-hydrogen) atoms. The third-order valence-corrected chi connectivity index (χ3v) is 2.34. The molecular formula is C8H10F6O2. The van der Waals surface area contributed by atoms with Crippen LogP contribution in [0.15, 0.2) is 0 Å². The molecule has 0 amide bonds. The molecule has 1 unspecified atom stereocenters. The smallest absolute Gasteiger partial charge is 0.353 e. The van der Waals surface area contributed by atoms with Crippen LogP contribution in [0.3, 0.4) is 0 Å². The summed E-state index contributed by atoms with van der Waals surface area (Å²) >= 11 is 0. The van der Waals surface area contributed by atoms with Crippen molar-refractivity contribution in [1.82, 2.24) is 0 Å². The number of ether oxygens (including phenoxy) is 2. The molecule has 96 valence electrons. The third kappa shape index (κ3) is 2.42. The lowest BCUT2D eigenvalue weighted by Crippen LogP contribution is -2.57. The molecule has 8 heteroatoms. The highest BCUT2D eigenvalue weighted by Gasteiger charge is 2.70. The van der Waals surface area contributed by atoms with Crippen molar-refractivity contribution >= 4 is 0 Å². The van der Waals surface area contributed by atoms with Crippen LogP contribution in [0.4, 0.5) is 26.3 Å². The average molecular weight is 252 g/mol. The first-order chi connectivity index (χ1) is 7.08. The molecule has 0 radical (unpaired) electrons. The van der Waals surface area contributed by atoms with Crippen LogP contribution in [-0.2, 0) is 9.47 Å². The highest BCUT2D eigenvalue weighted by Crippen LogP contribution is 2.46. The molecule has 1 aliphatic rings. The van der Waals surface area contributed by atoms with Crippen LogP contribution in [-0.4, -0.2) is 30.9 Å². The van der Waals surface area contributed by atoms with Gasteiger partial charge < -0.3 is 9.47 Å². The molecule has 0 spiro atoms. The molecule has 1 atom stereocenters. The zero-order valence-electron chi connectivity index (χ0n) is 8.28. The van der Waals surface area contributed by atoms with Gasteiger partial charge in [-0.1, -0.05) is 0 Å². The summed E-state index contributed by atoms with van der Waals surface area (Å²) in [4.78, 5) is 0. The van der Waals surface area contributed by atoms with Crippen LogP contribution in [0.1, 0.15) is 19.8 Å². The van der Waals surface area contributed by atoms with E-state index in [4.69, 9.17) is 0 Å². The summed E-state index contributed by atoms with van der Waals surface area (Å²) in [6.07, 6.45) is -12.1. The van der Waals surface area contributed by atoms with E-state index >= 15 is 0 Å². The van der Waals surface area contributed by atoms with Gasteiger partial charge in [-0.05, 0) is 13.3 Å². The lowest BCUT2D eigenvalue weighted by atomic mass is 10.1. The van der Waals surface area contributed by atoms with Crippen LogP contribution in [0.2, 0.25) is 0 Å². The van der Waals surface area contributed by atoms with Crippen molar-refractivity contribution in [2.75, 3.05) is 6.61 Å². The molecule has 0 bridgehead atoms. The molecule has 1 aliphatic heterocycles. The standard InChI is InChI=1S/C8H10F6O2/c1-6(7(9,10)11,8(12,13)14)16-5-3-2-4-15-5/h5H,2-4H2,1H3. The van der Waals surface area contributed by atoms with E-state index in [1.165, 1.54) is 0 Å². The zero-order valence-corrected chi connectivity index (χ0v) is 8.28. The molecular weight excluding hydrogens is 242 g/mol. The molecule has 1 fully saturated rings. The van der Waals surface area contributed by atoms with Gasteiger partial charge in [-0.2, -0.15) is 26.3 Å². The second-order valence-corrected chi connectivity index (χ2v) is 3.59. The summed E-state index contributed by atoms with van der Waals surface area (Å²) in [5, 5.41) is 0. The summed E-state index contributed by atoms with van der Waals surface area (Å²) in [5.74, 6) is 0. The Morgan fingerprint density at radius 3 is 1.88 bits per heavy atom. The minimum Gasteiger partial charge on any atom is -0.353 e. The van der Waals surface area contributed by atoms with Gasteiger partial charge in [0.05, 0.1) is 0 Å². The number of hydrogen-bond donors (Lipinski definition) is 0. The van der Waals surface area contributed by atoms with Crippen molar-refractivity contribution in [2.45, 2.75) is 44.0 Å². The van der Waals surface area contributed by atoms with Crippen LogP contribution < -0.4 is 0 Å². The van der Waals surface area contributed by atoms with Gasteiger partial charge in [-0.3, -0.25) is 0 Å². The van der Waals surface area contributed by atoms with E-state index in [0.717, 1.165) is 0 Å². The lowest BCUT2D eigenvalue weighted by molar-refractivity contribution is -0.398. The number of hydrogen-bond acceptors (Lipinski definition) is 2. The van der Waals surface area contributed by atoms with Crippen LogP contribution in [0, 0.1) is 0 Å². The van der Waals surface area contributed by atoms with Gasteiger partial charge in [-0.15, -0.1) is 0 Å². The van der Waals surface area contributed by atoms with E-state index in [0.29, 0.717) is 6.42 Å². The van der Waals surface area contributed by atoms with E-state index in [1.54, 1.807) is 0 Å². The predicted octanol–water partition coefficient (Wildman–Crippen LogP) is 3.02. The predicted molar refractivity (Wildman–Crippen MR) is 40.6 cm³/mol. The van der Waals surface area contributed by atoms with Gasteiger partial charge in [0, 0.05) is 13.0 Å². The third-order valence-electron chi connectivity index (χ3n) is 2.34. The van der Waals surface area contributed by atoms with Gasteiger partial charge in [0.2, 0.25) is 0 Å². The van der Waals surface area contributed by atoms with E-state index in [9.17, 15) is 26.3 Å². The fraction of sp³-hybridized carbons (Fsp3) is 1.00. The van der Waals surface area contributed by atoms with E-state index in [1.807, 2.05) is 0 Å². The minimum absolute atomic E-state index is 0.0295. The Morgan fingerprint density at radius 2 is 1.56 bits per heavy atom. The Bertz CT molecular complexity index is 226. The summed E-state index contributed by atoms with van der Waals surface area (Å²) in [6, 6.07) is 0. The first-order valence-corrected chi connectivity index (χ1v) is 4.51. The summed E-state index contributed by atoms with van der Waals surface area (Å²) < 4.78 is 82.8. The average Bonchev–Trinajstić information content (AvgIpc) is 2.52. The molecule has 0 saturated carbocycles. The van der Waals surface area contributed by atoms with E-state index in [-0.39, 0.29) is 20.0 Å². The van der Waals surface area contributed by atoms with Gasteiger partial charge in [0.1, 0.15) is 0 Å². The lowest BCUT2D eigenvalue weighted by Gasteiger charge is -2.35. The molecule has 2 nitrogen and oxygen atoms in total. The molecule has 0 aromatic carbocycles. The van der Waals surface area contributed by atoms with Crippen molar-refractivity contribution in [3.05, 3.63) is 0 Å². The molecule has 1 saturated heterocycles. The van der Waals surface area contributed by atoms with Crippen LogP contribution >= 0.6 is 0 Å². The van der Waals surface area contributed by atoms with Crippen molar-refractivity contribution in [1.29, 1.82) is 0 Å². The highest BCUT2D eigenvalue weighted by molar-refractivity contribution is 4.92. The van der Waals surface area contributed by atoms with Crippen molar-refractivity contribution in [3.8, 4) is 0 Å². The quantitative estimate of drug-likeness (QED) is 0.703. The Balaban J connectivity index is 2.87. The molecule has 0 aromatic heterocycles. The highest BCUT2D eigenvalue weighted by atomic mass is 19.4. The van der Waals surface area contributed by atoms with E-state index < -0.39 is 24.2 Å². The molecule has 0 N–H and O–H groups in total. The monoisotopic (exact) mass is 252 g/mol. The van der Waals surface area contributed by atoms with Gasteiger partial charge in [-0.25, -0.2) is 0 Å². The Morgan fingerprint density at radius 1 is 1.06 bits per heavy atom. The summed E-state index contributed by atoms with van der Waals surface area (Å²) in [7, 11) is 0. The zero-order chi connectivity index (χ0) is 12.6. The number of halogens is 6. The van der Waals surface area contributed by atoms with Gasteiger partial charge >= 0.3 is 12.4 Å². The maximum absolute atomic E-state index is 12.4. The fourth-order valence-electron chi connectivity index (χ4n) is 1.20. The normalized spacial score (nSPS) is 23.8. The second kappa shape index (κ2) is 4.06.